The SMILES string of the molecule is CC=CCC=CCCC(=O)C(O)CC(N)=O. The van der Waals surface area contributed by atoms with Crippen LogP contribution in [0.25, 0.3) is 0 Å². The number of carbonyl (C=O) groups excluding carboxylic acids is 2. The summed E-state index contributed by atoms with van der Waals surface area (Å²) in [5.74, 6) is -1.00. The van der Waals surface area contributed by atoms with E-state index in [9.17, 15) is 14.7 Å². The van der Waals surface area contributed by atoms with Crippen LogP contribution in [0.4, 0.5) is 0 Å². The first-order valence-electron chi connectivity index (χ1n) is 5.33. The second kappa shape index (κ2) is 8.85. The fourth-order valence-corrected chi connectivity index (χ4v) is 1.13. The monoisotopic (exact) mass is 225 g/mol. The molecule has 1 atom stereocenters. The molecule has 0 radical (unpaired) electrons. The van der Waals surface area contributed by atoms with Crippen molar-refractivity contribution in [1.82, 2.24) is 0 Å². The Balaban J connectivity index is 3.72. The summed E-state index contributed by atoms with van der Waals surface area (Å²) in [7, 11) is 0. The zero-order chi connectivity index (χ0) is 12.4. The van der Waals surface area contributed by atoms with Crippen LogP contribution in [0.3, 0.4) is 0 Å². The fraction of sp³-hybridized carbons (Fsp3) is 0.500. The summed E-state index contributed by atoms with van der Waals surface area (Å²) in [6.07, 6.45) is 7.90. The largest absolute Gasteiger partial charge is 0.385 e. The molecule has 90 valence electrons. The highest BCUT2D eigenvalue weighted by Crippen LogP contribution is 2.01. The van der Waals surface area contributed by atoms with Gasteiger partial charge in [0.15, 0.2) is 5.78 Å². The number of hydrogen-bond donors (Lipinski definition) is 2. The summed E-state index contributed by atoms with van der Waals surface area (Å²) in [5.41, 5.74) is 4.87. The van der Waals surface area contributed by atoms with Gasteiger partial charge in [-0.25, -0.2) is 0 Å². The minimum Gasteiger partial charge on any atom is -0.385 e. The summed E-state index contributed by atoms with van der Waals surface area (Å²) in [4.78, 5) is 21.7. The third-order valence-corrected chi connectivity index (χ3v) is 2.00. The van der Waals surface area contributed by atoms with Gasteiger partial charge >= 0.3 is 0 Å². The zero-order valence-electron chi connectivity index (χ0n) is 9.56. The first-order valence-corrected chi connectivity index (χ1v) is 5.33. The number of rotatable bonds is 8. The van der Waals surface area contributed by atoms with Gasteiger partial charge in [-0.3, -0.25) is 9.59 Å². The van der Waals surface area contributed by atoms with Crippen molar-refractivity contribution < 1.29 is 14.7 Å². The summed E-state index contributed by atoms with van der Waals surface area (Å²) in [5, 5.41) is 9.24. The maximum absolute atomic E-state index is 11.3. The first-order chi connectivity index (χ1) is 7.57. The molecule has 1 amide bonds. The molecule has 0 aromatic heterocycles. The molecular formula is C12H19NO3. The molecule has 4 heteroatoms. The minimum atomic E-state index is -1.25. The van der Waals surface area contributed by atoms with Crippen LogP contribution in [0.5, 0.6) is 0 Å². The number of Topliss-reactive ketones (excluding diaryl/α,β-unsaturated/α-hetero) is 1. The van der Waals surface area contributed by atoms with Gasteiger partial charge in [-0.2, -0.15) is 0 Å². The average Bonchev–Trinajstić information content (AvgIpc) is 2.21. The van der Waals surface area contributed by atoms with Crippen molar-refractivity contribution >= 4 is 11.7 Å². The lowest BCUT2D eigenvalue weighted by molar-refractivity contribution is -0.131. The van der Waals surface area contributed by atoms with Crippen LogP contribution in [-0.2, 0) is 9.59 Å². The van der Waals surface area contributed by atoms with Crippen molar-refractivity contribution in [1.29, 1.82) is 0 Å². The average molecular weight is 225 g/mol. The van der Waals surface area contributed by atoms with Gasteiger partial charge < -0.3 is 10.8 Å². The van der Waals surface area contributed by atoms with E-state index in [1.807, 2.05) is 31.2 Å². The third-order valence-electron chi connectivity index (χ3n) is 2.00. The van der Waals surface area contributed by atoms with Gasteiger partial charge in [0, 0.05) is 6.42 Å². The quantitative estimate of drug-likeness (QED) is 0.607. The summed E-state index contributed by atoms with van der Waals surface area (Å²) >= 11 is 0. The lowest BCUT2D eigenvalue weighted by atomic mass is 10.1. The van der Waals surface area contributed by atoms with E-state index in [1.54, 1.807) is 0 Å². The standard InChI is InChI=1S/C12H19NO3/c1-2-3-4-5-6-7-8-10(14)11(15)9-12(13)16/h2-3,5-6,11,15H,4,7-9H2,1H3,(H2,13,16). The van der Waals surface area contributed by atoms with E-state index in [-0.39, 0.29) is 18.6 Å². The van der Waals surface area contributed by atoms with Gasteiger partial charge in [0.25, 0.3) is 0 Å². The van der Waals surface area contributed by atoms with Crippen molar-refractivity contribution in [3.8, 4) is 0 Å². The Labute approximate surface area is 95.8 Å². The molecule has 0 rings (SSSR count). The van der Waals surface area contributed by atoms with Crippen molar-refractivity contribution in [2.24, 2.45) is 5.73 Å². The molecule has 0 heterocycles. The van der Waals surface area contributed by atoms with E-state index in [4.69, 9.17) is 5.73 Å². The van der Waals surface area contributed by atoms with Gasteiger partial charge in [-0.05, 0) is 19.8 Å². The zero-order valence-corrected chi connectivity index (χ0v) is 9.56. The molecule has 0 aliphatic rings. The van der Waals surface area contributed by atoms with Crippen LogP contribution in [-0.4, -0.2) is 22.9 Å². The molecule has 0 saturated carbocycles. The van der Waals surface area contributed by atoms with E-state index < -0.39 is 12.0 Å². The third kappa shape index (κ3) is 7.94. The molecule has 0 aliphatic carbocycles. The van der Waals surface area contributed by atoms with E-state index in [0.29, 0.717) is 6.42 Å². The molecule has 0 aliphatic heterocycles. The molecule has 0 bridgehead atoms. The lowest BCUT2D eigenvalue weighted by Gasteiger charge is -2.05. The van der Waals surface area contributed by atoms with Crippen LogP contribution in [0.2, 0.25) is 0 Å². The topological polar surface area (TPSA) is 80.4 Å². The summed E-state index contributed by atoms with van der Waals surface area (Å²) in [6.45, 7) is 1.94. The molecule has 16 heavy (non-hydrogen) atoms. The summed E-state index contributed by atoms with van der Waals surface area (Å²) < 4.78 is 0. The number of ketones is 1. The Bertz CT molecular complexity index is 282. The van der Waals surface area contributed by atoms with Gasteiger partial charge in [0.1, 0.15) is 6.10 Å². The molecule has 0 fully saturated rings. The highest BCUT2D eigenvalue weighted by molar-refractivity contribution is 5.88. The number of amides is 1. The van der Waals surface area contributed by atoms with Crippen LogP contribution in [0.15, 0.2) is 24.3 Å². The highest BCUT2D eigenvalue weighted by atomic mass is 16.3. The fourth-order valence-electron chi connectivity index (χ4n) is 1.13. The number of primary amides is 1. The van der Waals surface area contributed by atoms with Crippen molar-refractivity contribution in [2.45, 2.75) is 38.7 Å². The molecule has 0 aromatic rings. The molecule has 3 N–H and O–H groups in total. The Morgan fingerprint density at radius 2 is 2.00 bits per heavy atom. The van der Waals surface area contributed by atoms with Crippen LogP contribution >= 0.6 is 0 Å². The van der Waals surface area contributed by atoms with E-state index in [2.05, 4.69) is 0 Å². The first kappa shape index (κ1) is 14.6. The number of nitrogens with two attached hydrogens (primary N) is 1. The van der Waals surface area contributed by atoms with Crippen molar-refractivity contribution in [2.75, 3.05) is 0 Å². The highest BCUT2D eigenvalue weighted by Gasteiger charge is 2.15. The number of aliphatic hydroxyl groups excluding tert-OH is 1. The normalized spacial score (nSPS) is 13.4. The molecule has 0 saturated heterocycles. The Morgan fingerprint density at radius 3 is 2.56 bits per heavy atom. The van der Waals surface area contributed by atoms with E-state index in [0.717, 1.165) is 6.42 Å². The van der Waals surface area contributed by atoms with E-state index in [1.165, 1.54) is 0 Å². The molecule has 0 spiro atoms. The second-order valence-electron chi connectivity index (χ2n) is 3.47. The minimum absolute atomic E-state index is 0.237. The Hall–Kier alpha value is -1.42. The molecule has 4 nitrogen and oxygen atoms in total. The maximum atomic E-state index is 11.3. The van der Waals surface area contributed by atoms with Crippen molar-refractivity contribution in [3.63, 3.8) is 0 Å². The second-order valence-corrected chi connectivity index (χ2v) is 3.47. The molecule has 1 unspecified atom stereocenters. The van der Waals surface area contributed by atoms with E-state index >= 15 is 0 Å². The maximum Gasteiger partial charge on any atom is 0.220 e. The van der Waals surface area contributed by atoms with Crippen molar-refractivity contribution in [3.05, 3.63) is 24.3 Å². The van der Waals surface area contributed by atoms with Gasteiger partial charge in [-0.15, -0.1) is 0 Å². The van der Waals surface area contributed by atoms with Gasteiger partial charge in [-0.1, -0.05) is 24.3 Å². The molecular weight excluding hydrogens is 206 g/mol. The van der Waals surface area contributed by atoms with Gasteiger partial charge in [0.2, 0.25) is 5.91 Å². The predicted molar refractivity (Wildman–Crippen MR) is 62.6 cm³/mol. The lowest BCUT2D eigenvalue weighted by Crippen LogP contribution is -2.26. The van der Waals surface area contributed by atoms with Crippen LogP contribution in [0.1, 0.15) is 32.6 Å². The number of carbonyl (C=O) groups is 2. The number of allylic oxidation sites excluding steroid dienone is 4. The van der Waals surface area contributed by atoms with Crippen LogP contribution < -0.4 is 5.73 Å². The predicted octanol–water partition coefficient (Wildman–Crippen LogP) is 1.09. The Kier molecular flexibility index (Phi) is 8.07. The number of aliphatic hydroxyl groups is 1. The Morgan fingerprint density at radius 1 is 1.31 bits per heavy atom. The van der Waals surface area contributed by atoms with Gasteiger partial charge in [0.05, 0.1) is 6.42 Å². The molecule has 0 aromatic carbocycles. The smallest absolute Gasteiger partial charge is 0.220 e. The summed E-state index contributed by atoms with van der Waals surface area (Å²) in [6, 6.07) is 0. The number of hydrogen-bond acceptors (Lipinski definition) is 3. The van der Waals surface area contributed by atoms with Crippen LogP contribution in [0, 0.1) is 0 Å².